The van der Waals surface area contributed by atoms with Gasteiger partial charge in [0.05, 0.1) is 5.75 Å². The lowest BCUT2D eigenvalue weighted by atomic mass is 10.0. The molecule has 2 rings (SSSR count). The van der Waals surface area contributed by atoms with Crippen molar-refractivity contribution in [2.75, 3.05) is 5.73 Å². The van der Waals surface area contributed by atoms with Crippen LogP contribution >= 0.6 is 11.8 Å². The minimum atomic E-state index is 0.654. The van der Waals surface area contributed by atoms with Crippen LogP contribution in [0.2, 0.25) is 0 Å². The molecule has 1 aromatic rings. The summed E-state index contributed by atoms with van der Waals surface area (Å²) in [5, 5.41) is 0.801. The van der Waals surface area contributed by atoms with E-state index in [2.05, 4.69) is 16.9 Å². The smallest absolute Gasteiger partial charge is 0.140 e. The summed E-state index contributed by atoms with van der Waals surface area (Å²) < 4.78 is 0. The monoisotopic (exact) mass is 265 g/mol. The van der Waals surface area contributed by atoms with Crippen molar-refractivity contribution < 1.29 is 0 Å². The van der Waals surface area contributed by atoms with Crippen molar-refractivity contribution in [1.29, 1.82) is 0 Å². The maximum Gasteiger partial charge on any atom is 0.140 e. The number of hydrogen-bond donors (Lipinski definition) is 1. The van der Waals surface area contributed by atoms with E-state index in [9.17, 15) is 0 Å². The first-order valence-electron chi connectivity index (χ1n) is 6.94. The number of anilines is 1. The van der Waals surface area contributed by atoms with Gasteiger partial charge < -0.3 is 5.73 Å². The van der Waals surface area contributed by atoms with Gasteiger partial charge >= 0.3 is 0 Å². The predicted molar refractivity (Wildman–Crippen MR) is 78.7 cm³/mol. The van der Waals surface area contributed by atoms with Crippen molar-refractivity contribution in [2.45, 2.75) is 63.4 Å². The average Bonchev–Trinajstić information content (AvgIpc) is 2.41. The molecule has 0 atom stereocenters. The quantitative estimate of drug-likeness (QED) is 0.905. The molecule has 1 fully saturated rings. The molecule has 0 saturated heterocycles. The lowest BCUT2D eigenvalue weighted by Gasteiger charge is -2.20. The SMILES string of the molecule is CCc1nc(CSC2CCCCC2)nc(N)c1C. The zero-order valence-corrected chi connectivity index (χ0v) is 12.2. The standard InChI is InChI=1S/C14H23N3S/c1-3-12-10(2)14(15)17-13(16-12)9-18-11-7-5-4-6-8-11/h11H,3-9H2,1-2H3,(H2,15,16,17). The van der Waals surface area contributed by atoms with Crippen LogP contribution in [-0.2, 0) is 12.2 Å². The van der Waals surface area contributed by atoms with Crippen LogP contribution in [0.3, 0.4) is 0 Å². The first-order chi connectivity index (χ1) is 8.70. The van der Waals surface area contributed by atoms with E-state index in [0.29, 0.717) is 5.82 Å². The number of thioether (sulfide) groups is 1. The normalized spacial score (nSPS) is 17.0. The zero-order chi connectivity index (χ0) is 13.0. The predicted octanol–water partition coefficient (Wildman–Crippen LogP) is 3.50. The van der Waals surface area contributed by atoms with Crippen LogP contribution in [0.5, 0.6) is 0 Å². The third-order valence-corrected chi connectivity index (χ3v) is 5.03. The molecule has 100 valence electrons. The highest BCUT2D eigenvalue weighted by molar-refractivity contribution is 7.99. The van der Waals surface area contributed by atoms with Crippen molar-refractivity contribution in [1.82, 2.24) is 9.97 Å². The Kier molecular flexibility index (Phi) is 4.87. The summed E-state index contributed by atoms with van der Waals surface area (Å²) in [4.78, 5) is 9.04. The lowest BCUT2D eigenvalue weighted by Crippen LogP contribution is -2.10. The maximum atomic E-state index is 5.95. The number of aryl methyl sites for hydroxylation is 1. The number of nitrogens with zero attached hydrogens (tertiary/aromatic N) is 2. The van der Waals surface area contributed by atoms with Gasteiger partial charge in [-0.25, -0.2) is 9.97 Å². The van der Waals surface area contributed by atoms with Gasteiger partial charge in [-0.15, -0.1) is 0 Å². The van der Waals surface area contributed by atoms with Crippen LogP contribution in [0.15, 0.2) is 0 Å². The Hall–Kier alpha value is -0.770. The maximum absolute atomic E-state index is 5.95. The van der Waals surface area contributed by atoms with E-state index in [1.54, 1.807) is 0 Å². The van der Waals surface area contributed by atoms with E-state index < -0.39 is 0 Å². The van der Waals surface area contributed by atoms with Crippen molar-refractivity contribution in [3.8, 4) is 0 Å². The van der Waals surface area contributed by atoms with Gasteiger partial charge in [0.15, 0.2) is 0 Å². The van der Waals surface area contributed by atoms with Crippen molar-refractivity contribution >= 4 is 17.6 Å². The number of aromatic nitrogens is 2. The van der Waals surface area contributed by atoms with Gasteiger partial charge in [-0.2, -0.15) is 11.8 Å². The zero-order valence-electron chi connectivity index (χ0n) is 11.4. The first kappa shape index (κ1) is 13.7. The summed E-state index contributed by atoms with van der Waals surface area (Å²) in [6.45, 7) is 4.12. The van der Waals surface area contributed by atoms with E-state index in [1.807, 2.05) is 18.7 Å². The highest BCUT2D eigenvalue weighted by atomic mass is 32.2. The van der Waals surface area contributed by atoms with Crippen LogP contribution in [0, 0.1) is 6.92 Å². The molecule has 4 heteroatoms. The molecule has 0 aromatic carbocycles. The molecule has 1 aliphatic carbocycles. The molecular formula is C14H23N3S. The van der Waals surface area contributed by atoms with Crippen LogP contribution in [0.25, 0.3) is 0 Å². The summed E-state index contributed by atoms with van der Waals surface area (Å²) in [6, 6.07) is 0. The van der Waals surface area contributed by atoms with Gasteiger partial charge in [0.1, 0.15) is 11.6 Å². The van der Waals surface area contributed by atoms with Crippen molar-refractivity contribution in [2.24, 2.45) is 0 Å². The van der Waals surface area contributed by atoms with E-state index >= 15 is 0 Å². The van der Waals surface area contributed by atoms with E-state index in [1.165, 1.54) is 32.1 Å². The molecule has 0 bridgehead atoms. The topological polar surface area (TPSA) is 51.8 Å². The third kappa shape index (κ3) is 3.37. The number of hydrogen-bond acceptors (Lipinski definition) is 4. The summed E-state index contributed by atoms with van der Waals surface area (Å²) in [7, 11) is 0. The fraction of sp³-hybridized carbons (Fsp3) is 0.714. The van der Waals surface area contributed by atoms with Crippen LogP contribution in [0.1, 0.15) is 56.1 Å². The van der Waals surface area contributed by atoms with E-state index in [-0.39, 0.29) is 0 Å². The van der Waals surface area contributed by atoms with Gasteiger partial charge in [-0.05, 0) is 26.2 Å². The molecule has 18 heavy (non-hydrogen) atoms. The summed E-state index contributed by atoms with van der Waals surface area (Å²) >= 11 is 2.00. The molecule has 1 aromatic heterocycles. The highest BCUT2D eigenvalue weighted by Gasteiger charge is 2.15. The second-order valence-electron chi connectivity index (χ2n) is 5.02. The molecule has 0 unspecified atom stereocenters. The Morgan fingerprint density at radius 1 is 1.22 bits per heavy atom. The number of nitrogen functional groups attached to an aromatic ring is 1. The van der Waals surface area contributed by atoms with Gasteiger partial charge in [-0.1, -0.05) is 26.2 Å². The van der Waals surface area contributed by atoms with Gasteiger partial charge in [-0.3, -0.25) is 0 Å². The second kappa shape index (κ2) is 6.41. The Bertz CT molecular complexity index is 400. The average molecular weight is 265 g/mol. The van der Waals surface area contributed by atoms with E-state index in [0.717, 1.165) is 34.5 Å². The van der Waals surface area contributed by atoms with Crippen LogP contribution in [-0.4, -0.2) is 15.2 Å². The third-order valence-electron chi connectivity index (χ3n) is 3.67. The van der Waals surface area contributed by atoms with Gasteiger partial charge in [0.2, 0.25) is 0 Å². The molecule has 1 saturated carbocycles. The first-order valence-corrected chi connectivity index (χ1v) is 7.99. The lowest BCUT2D eigenvalue weighted by molar-refractivity contribution is 0.516. The van der Waals surface area contributed by atoms with Crippen LogP contribution in [0.4, 0.5) is 5.82 Å². The highest BCUT2D eigenvalue weighted by Crippen LogP contribution is 2.30. The molecule has 2 N–H and O–H groups in total. The molecule has 3 nitrogen and oxygen atoms in total. The molecule has 0 aliphatic heterocycles. The Morgan fingerprint density at radius 2 is 1.94 bits per heavy atom. The van der Waals surface area contributed by atoms with Crippen molar-refractivity contribution in [3.63, 3.8) is 0 Å². The van der Waals surface area contributed by atoms with E-state index in [4.69, 9.17) is 5.73 Å². The molecule has 0 spiro atoms. The molecule has 1 heterocycles. The van der Waals surface area contributed by atoms with Crippen molar-refractivity contribution in [3.05, 3.63) is 17.1 Å². The fourth-order valence-electron chi connectivity index (χ4n) is 2.47. The second-order valence-corrected chi connectivity index (χ2v) is 6.31. The minimum absolute atomic E-state index is 0.654. The Labute approximate surface area is 114 Å². The largest absolute Gasteiger partial charge is 0.383 e. The Morgan fingerprint density at radius 3 is 2.61 bits per heavy atom. The van der Waals surface area contributed by atoms with Gasteiger partial charge in [0, 0.05) is 16.5 Å². The molecule has 0 radical (unpaired) electrons. The molecular weight excluding hydrogens is 242 g/mol. The number of rotatable bonds is 4. The van der Waals surface area contributed by atoms with Crippen LogP contribution < -0.4 is 5.73 Å². The fourth-order valence-corrected chi connectivity index (χ4v) is 3.65. The summed E-state index contributed by atoms with van der Waals surface area (Å²) in [5.74, 6) is 2.47. The minimum Gasteiger partial charge on any atom is -0.383 e. The summed E-state index contributed by atoms with van der Waals surface area (Å²) in [5.41, 5.74) is 8.09. The molecule has 0 amide bonds. The molecule has 1 aliphatic rings. The summed E-state index contributed by atoms with van der Waals surface area (Å²) in [6.07, 6.45) is 7.81. The number of nitrogens with two attached hydrogens (primary N) is 1. The van der Waals surface area contributed by atoms with Gasteiger partial charge in [0.25, 0.3) is 0 Å². The Balaban J connectivity index is 1.98.